The standard InChI is InChI=1S/C23H35N7O6/c1-4-35-19(31)10-13-26-22(33)27-18-11-15-30(21(18)32)17-8-6-16(7-9-17)20(24)28-36-23(34)29(3)14-5-12-25-2/h6-9,18,25H,4-5,10-15H2,1-3H3,(H2,24,28)(H2,26,27,33)/t18-/m0/s1. The second-order valence-corrected chi connectivity index (χ2v) is 8.05. The first-order chi connectivity index (χ1) is 17.3. The second kappa shape index (κ2) is 14.5. The maximum Gasteiger partial charge on any atom is 0.435 e. The highest BCUT2D eigenvalue weighted by molar-refractivity contribution is 6.02. The van der Waals surface area contributed by atoms with E-state index in [1.54, 1.807) is 43.1 Å². The van der Waals surface area contributed by atoms with E-state index < -0.39 is 24.1 Å². The number of carbonyl (C=O) groups excluding carboxylic acids is 4. The Morgan fingerprint density at radius 2 is 1.94 bits per heavy atom. The number of rotatable bonds is 12. The molecule has 13 heteroatoms. The van der Waals surface area contributed by atoms with Gasteiger partial charge in [-0.25, -0.2) is 9.59 Å². The molecule has 0 unspecified atom stereocenters. The third-order valence-electron chi connectivity index (χ3n) is 5.36. The summed E-state index contributed by atoms with van der Waals surface area (Å²) >= 11 is 0. The number of carbonyl (C=O) groups is 4. The van der Waals surface area contributed by atoms with Gasteiger partial charge in [-0.05, 0) is 57.6 Å². The summed E-state index contributed by atoms with van der Waals surface area (Å²) < 4.78 is 4.80. The lowest BCUT2D eigenvalue weighted by atomic mass is 10.2. The average molecular weight is 506 g/mol. The number of nitrogens with zero attached hydrogens (tertiary/aromatic N) is 3. The Balaban J connectivity index is 1.85. The molecule has 0 aliphatic carbocycles. The van der Waals surface area contributed by atoms with Crippen LogP contribution in [0.4, 0.5) is 15.3 Å². The van der Waals surface area contributed by atoms with Crippen LogP contribution >= 0.6 is 0 Å². The summed E-state index contributed by atoms with van der Waals surface area (Å²) in [6.45, 7) is 3.81. The third-order valence-corrected chi connectivity index (χ3v) is 5.36. The van der Waals surface area contributed by atoms with Crippen LogP contribution in [0.2, 0.25) is 0 Å². The lowest BCUT2D eigenvalue weighted by Crippen LogP contribution is -2.46. The van der Waals surface area contributed by atoms with Crippen LogP contribution in [0.3, 0.4) is 0 Å². The van der Waals surface area contributed by atoms with E-state index in [0.717, 1.165) is 13.0 Å². The molecule has 0 radical (unpaired) electrons. The summed E-state index contributed by atoms with van der Waals surface area (Å²) in [6.07, 6.45) is 0.649. The fraction of sp³-hybridized carbons (Fsp3) is 0.522. The number of hydrogen-bond acceptors (Lipinski definition) is 8. The van der Waals surface area contributed by atoms with Crippen LogP contribution in [-0.4, -0.2) is 87.7 Å². The van der Waals surface area contributed by atoms with E-state index >= 15 is 0 Å². The molecule has 1 atom stereocenters. The van der Waals surface area contributed by atoms with Crippen molar-refractivity contribution in [3.05, 3.63) is 29.8 Å². The predicted octanol–water partition coefficient (Wildman–Crippen LogP) is 0.343. The van der Waals surface area contributed by atoms with Crippen LogP contribution in [-0.2, 0) is 19.2 Å². The Morgan fingerprint density at radius 3 is 2.61 bits per heavy atom. The number of ether oxygens (including phenoxy) is 1. The quantitative estimate of drug-likeness (QED) is 0.0788. The van der Waals surface area contributed by atoms with Crippen molar-refractivity contribution in [1.82, 2.24) is 20.9 Å². The van der Waals surface area contributed by atoms with Crippen molar-refractivity contribution in [2.75, 3.05) is 51.8 Å². The van der Waals surface area contributed by atoms with Crippen molar-refractivity contribution in [3.8, 4) is 0 Å². The van der Waals surface area contributed by atoms with Crippen LogP contribution in [0.1, 0.15) is 31.7 Å². The molecule has 0 spiro atoms. The molecular weight excluding hydrogens is 470 g/mol. The number of benzene rings is 1. The van der Waals surface area contributed by atoms with Crippen molar-refractivity contribution in [2.45, 2.75) is 32.2 Å². The van der Waals surface area contributed by atoms with E-state index in [1.165, 1.54) is 4.90 Å². The average Bonchev–Trinajstić information content (AvgIpc) is 3.22. The molecule has 1 heterocycles. The summed E-state index contributed by atoms with van der Waals surface area (Å²) in [7, 11) is 3.45. The normalized spacial score (nSPS) is 15.4. The predicted molar refractivity (Wildman–Crippen MR) is 133 cm³/mol. The molecule has 198 valence electrons. The molecule has 1 aliphatic rings. The number of urea groups is 1. The van der Waals surface area contributed by atoms with Crippen LogP contribution < -0.4 is 26.6 Å². The van der Waals surface area contributed by atoms with Crippen molar-refractivity contribution in [1.29, 1.82) is 0 Å². The Bertz CT molecular complexity index is 937. The molecule has 1 aromatic carbocycles. The molecule has 13 nitrogen and oxygen atoms in total. The van der Waals surface area contributed by atoms with Crippen LogP contribution in [0, 0.1) is 0 Å². The molecule has 0 bridgehead atoms. The molecule has 1 fully saturated rings. The zero-order valence-corrected chi connectivity index (χ0v) is 20.9. The van der Waals surface area contributed by atoms with Gasteiger partial charge in [0.25, 0.3) is 0 Å². The number of hydrogen-bond donors (Lipinski definition) is 4. The molecule has 1 aliphatic heterocycles. The van der Waals surface area contributed by atoms with E-state index in [1.807, 2.05) is 7.05 Å². The fourth-order valence-electron chi connectivity index (χ4n) is 3.40. The van der Waals surface area contributed by atoms with Crippen LogP contribution in [0.5, 0.6) is 0 Å². The zero-order chi connectivity index (χ0) is 26.5. The molecule has 2 rings (SSSR count). The largest absolute Gasteiger partial charge is 0.466 e. The smallest absolute Gasteiger partial charge is 0.435 e. The first kappa shape index (κ1) is 28.4. The Hall–Kier alpha value is -3.87. The van der Waals surface area contributed by atoms with Gasteiger partial charge in [-0.3, -0.25) is 14.4 Å². The summed E-state index contributed by atoms with van der Waals surface area (Å²) in [5.74, 6) is -0.633. The van der Waals surface area contributed by atoms with E-state index in [0.29, 0.717) is 30.8 Å². The maximum atomic E-state index is 12.8. The number of amidine groups is 1. The number of anilines is 1. The Morgan fingerprint density at radius 1 is 1.22 bits per heavy atom. The van der Waals surface area contributed by atoms with Gasteiger partial charge in [0.2, 0.25) is 5.91 Å². The van der Waals surface area contributed by atoms with Crippen molar-refractivity contribution >= 4 is 35.5 Å². The van der Waals surface area contributed by atoms with Gasteiger partial charge < -0.3 is 36.2 Å². The molecule has 1 aromatic rings. The zero-order valence-electron chi connectivity index (χ0n) is 20.9. The third kappa shape index (κ3) is 8.73. The van der Waals surface area contributed by atoms with Gasteiger partial charge in [0.15, 0.2) is 5.84 Å². The minimum absolute atomic E-state index is 0.0188. The fourth-order valence-corrected chi connectivity index (χ4v) is 3.40. The molecule has 4 amide bonds. The van der Waals surface area contributed by atoms with Crippen molar-refractivity contribution < 1.29 is 28.8 Å². The second-order valence-electron chi connectivity index (χ2n) is 8.05. The van der Waals surface area contributed by atoms with Gasteiger partial charge >= 0.3 is 18.1 Å². The molecule has 0 saturated carbocycles. The lowest BCUT2D eigenvalue weighted by molar-refractivity contribution is -0.142. The van der Waals surface area contributed by atoms with Gasteiger partial charge in [-0.15, -0.1) is 0 Å². The summed E-state index contributed by atoms with van der Waals surface area (Å²) in [5, 5.41) is 11.9. The monoisotopic (exact) mass is 505 g/mol. The van der Waals surface area contributed by atoms with Crippen molar-refractivity contribution in [3.63, 3.8) is 0 Å². The van der Waals surface area contributed by atoms with Gasteiger partial charge in [-0.2, -0.15) is 0 Å². The molecule has 36 heavy (non-hydrogen) atoms. The summed E-state index contributed by atoms with van der Waals surface area (Å²) in [6, 6.07) is 5.51. The van der Waals surface area contributed by atoms with Gasteiger partial charge in [0.05, 0.1) is 13.0 Å². The van der Waals surface area contributed by atoms with E-state index in [9.17, 15) is 19.2 Å². The number of amides is 4. The number of esters is 1. The van der Waals surface area contributed by atoms with E-state index in [4.69, 9.17) is 15.3 Å². The number of nitrogens with one attached hydrogen (secondary N) is 3. The topological polar surface area (TPSA) is 168 Å². The van der Waals surface area contributed by atoms with Crippen LogP contribution in [0.15, 0.2) is 29.4 Å². The van der Waals surface area contributed by atoms with Gasteiger partial charge in [0, 0.05) is 37.9 Å². The minimum atomic E-state index is -0.677. The van der Waals surface area contributed by atoms with E-state index in [-0.39, 0.29) is 31.3 Å². The highest BCUT2D eigenvalue weighted by Gasteiger charge is 2.33. The van der Waals surface area contributed by atoms with Crippen molar-refractivity contribution in [2.24, 2.45) is 10.9 Å². The van der Waals surface area contributed by atoms with E-state index in [2.05, 4.69) is 21.1 Å². The Kier molecular flexibility index (Phi) is 11.4. The lowest BCUT2D eigenvalue weighted by Gasteiger charge is -2.18. The highest BCUT2D eigenvalue weighted by atomic mass is 16.7. The molecule has 0 aromatic heterocycles. The first-order valence-corrected chi connectivity index (χ1v) is 11.8. The number of oxime groups is 1. The Labute approximate surface area is 210 Å². The first-order valence-electron chi connectivity index (χ1n) is 11.8. The highest BCUT2D eigenvalue weighted by Crippen LogP contribution is 2.22. The minimum Gasteiger partial charge on any atom is -0.466 e. The molecular formula is C23H35N7O6. The SMILES string of the molecule is CCOC(=O)CCNC(=O)N[C@H]1CCN(c2ccc(/C(N)=N/OC(=O)N(C)CCCNC)cc2)C1=O. The molecule has 1 saturated heterocycles. The molecule has 5 N–H and O–H groups in total. The van der Waals surface area contributed by atoms with Crippen LogP contribution in [0.25, 0.3) is 0 Å². The van der Waals surface area contributed by atoms with Gasteiger partial charge in [0.1, 0.15) is 6.04 Å². The summed E-state index contributed by atoms with van der Waals surface area (Å²) in [5.41, 5.74) is 7.08. The maximum absolute atomic E-state index is 12.8. The van der Waals surface area contributed by atoms with Gasteiger partial charge in [-0.1, -0.05) is 5.16 Å². The summed E-state index contributed by atoms with van der Waals surface area (Å²) in [4.78, 5) is 56.0. The number of nitrogens with two attached hydrogens (primary N) is 1.